The summed E-state index contributed by atoms with van der Waals surface area (Å²) in [6.07, 6.45) is 6.42. The molecule has 0 radical (unpaired) electrons. The molecule has 5 heteroatoms. The van der Waals surface area contributed by atoms with E-state index < -0.39 is 13.7 Å². The second kappa shape index (κ2) is 9.24. The van der Waals surface area contributed by atoms with Gasteiger partial charge < -0.3 is 13.9 Å². The number of rotatable bonds is 8. The number of allylic oxidation sites excluding steroid dienone is 2. The zero-order chi connectivity index (χ0) is 20.9. The summed E-state index contributed by atoms with van der Waals surface area (Å²) in [4.78, 5) is 12.1. The van der Waals surface area contributed by atoms with Crippen LogP contribution in [0.3, 0.4) is 0 Å². The van der Waals surface area contributed by atoms with Crippen molar-refractivity contribution in [2.45, 2.75) is 72.0 Å². The van der Waals surface area contributed by atoms with Crippen molar-refractivity contribution < 1.29 is 18.7 Å². The van der Waals surface area contributed by atoms with E-state index in [0.717, 1.165) is 36.4 Å². The molecule has 0 aliphatic heterocycles. The molecule has 0 heterocycles. The average molecular weight is 395 g/mol. The molecule has 0 aromatic heterocycles. The molecule has 1 atom stereocenters. The Bertz CT molecular complexity index is 610. The van der Waals surface area contributed by atoms with Gasteiger partial charge in [-0.3, -0.25) is 4.79 Å². The molecule has 0 bridgehead atoms. The molecule has 0 saturated carbocycles. The molecule has 0 N–H and O–H groups in total. The van der Waals surface area contributed by atoms with Gasteiger partial charge in [0.2, 0.25) is 0 Å². The summed E-state index contributed by atoms with van der Waals surface area (Å²) in [6.45, 7) is 20.5. The van der Waals surface area contributed by atoms with Gasteiger partial charge >= 0.3 is 5.97 Å². The van der Waals surface area contributed by atoms with Crippen LogP contribution in [0.4, 0.5) is 0 Å². The van der Waals surface area contributed by atoms with Crippen LogP contribution in [-0.4, -0.2) is 34.6 Å². The average Bonchev–Trinajstić information content (AvgIpc) is 2.58. The zero-order valence-electron chi connectivity index (χ0n) is 18.5. The highest BCUT2D eigenvalue weighted by molar-refractivity contribution is 6.74. The number of hydrogen-bond donors (Lipinski definition) is 0. The third-order valence-electron chi connectivity index (χ3n) is 6.10. The van der Waals surface area contributed by atoms with Crippen LogP contribution in [0.15, 0.2) is 35.6 Å². The van der Waals surface area contributed by atoms with Gasteiger partial charge in [0.25, 0.3) is 0 Å². The minimum absolute atomic E-state index is 0.229. The molecule has 0 unspecified atom stereocenters. The molecular weight excluding hydrogens is 356 g/mol. The lowest BCUT2D eigenvalue weighted by Gasteiger charge is -2.36. The lowest BCUT2D eigenvalue weighted by molar-refractivity contribution is -0.150. The van der Waals surface area contributed by atoms with Crippen molar-refractivity contribution in [3.05, 3.63) is 35.6 Å². The Balaban J connectivity index is 2.48. The van der Waals surface area contributed by atoms with Crippen LogP contribution in [0.2, 0.25) is 18.1 Å². The standard InChI is InChI=1S/C22H38O4Si/c1-17-18(2)22(6,20(23)24-7)14-13-19(17)25-15-11-10-12-16-26-27(8,9)21(3,4)5/h10-11H,2,12-16H2,1,3-9H3/b11-10+/t22-/m0/s1. The second-order valence-electron chi connectivity index (χ2n) is 9.03. The molecule has 0 saturated heterocycles. The highest BCUT2D eigenvalue weighted by atomic mass is 28.4. The number of carbonyl (C=O) groups excluding carboxylic acids is 1. The summed E-state index contributed by atoms with van der Waals surface area (Å²) >= 11 is 0. The van der Waals surface area contributed by atoms with Gasteiger partial charge in [-0.1, -0.05) is 39.5 Å². The highest BCUT2D eigenvalue weighted by Crippen LogP contribution is 2.43. The van der Waals surface area contributed by atoms with Crippen LogP contribution < -0.4 is 0 Å². The van der Waals surface area contributed by atoms with Crippen LogP contribution in [0, 0.1) is 5.41 Å². The fourth-order valence-electron chi connectivity index (χ4n) is 2.85. The minimum atomic E-state index is -1.66. The van der Waals surface area contributed by atoms with E-state index in [1.165, 1.54) is 7.11 Å². The highest BCUT2D eigenvalue weighted by Gasteiger charge is 2.41. The monoisotopic (exact) mass is 394 g/mol. The lowest BCUT2D eigenvalue weighted by atomic mass is 9.72. The quantitative estimate of drug-likeness (QED) is 0.227. The Morgan fingerprint density at radius 3 is 2.48 bits per heavy atom. The summed E-state index contributed by atoms with van der Waals surface area (Å²) < 4.78 is 17.0. The number of methoxy groups -OCH3 is 1. The van der Waals surface area contributed by atoms with Gasteiger partial charge in [-0.2, -0.15) is 0 Å². The van der Waals surface area contributed by atoms with E-state index in [9.17, 15) is 4.79 Å². The predicted octanol–water partition coefficient (Wildman–Crippen LogP) is 5.77. The first-order valence-electron chi connectivity index (χ1n) is 9.76. The van der Waals surface area contributed by atoms with Crippen molar-refractivity contribution in [1.82, 2.24) is 0 Å². The van der Waals surface area contributed by atoms with E-state index in [0.29, 0.717) is 13.0 Å². The van der Waals surface area contributed by atoms with Gasteiger partial charge in [0.15, 0.2) is 8.32 Å². The second-order valence-corrected chi connectivity index (χ2v) is 13.8. The van der Waals surface area contributed by atoms with E-state index >= 15 is 0 Å². The van der Waals surface area contributed by atoms with E-state index in [-0.39, 0.29) is 11.0 Å². The summed E-state index contributed by atoms with van der Waals surface area (Å²) in [5, 5.41) is 0.242. The van der Waals surface area contributed by atoms with E-state index in [2.05, 4.69) is 46.5 Å². The van der Waals surface area contributed by atoms with Crippen molar-refractivity contribution in [2.24, 2.45) is 5.41 Å². The maximum Gasteiger partial charge on any atom is 0.315 e. The first-order chi connectivity index (χ1) is 12.4. The summed E-state index contributed by atoms with van der Waals surface area (Å²) in [7, 11) is -0.241. The molecule has 1 aliphatic carbocycles. The molecule has 0 fully saturated rings. The van der Waals surface area contributed by atoms with Crippen molar-refractivity contribution >= 4 is 14.3 Å². The zero-order valence-corrected chi connectivity index (χ0v) is 19.5. The van der Waals surface area contributed by atoms with Crippen LogP contribution in [0.1, 0.15) is 53.9 Å². The molecule has 0 spiro atoms. The molecular formula is C22H38O4Si. The van der Waals surface area contributed by atoms with Crippen LogP contribution in [0.5, 0.6) is 0 Å². The van der Waals surface area contributed by atoms with Crippen molar-refractivity contribution in [2.75, 3.05) is 20.3 Å². The van der Waals surface area contributed by atoms with Crippen molar-refractivity contribution in [3.8, 4) is 0 Å². The maximum absolute atomic E-state index is 12.1. The van der Waals surface area contributed by atoms with Crippen LogP contribution >= 0.6 is 0 Å². The van der Waals surface area contributed by atoms with Gasteiger partial charge in [0, 0.05) is 13.0 Å². The molecule has 27 heavy (non-hydrogen) atoms. The summed E-state index contributed by atoms with van der Waals surface area (Å²) in [5.74, 6) is 0.691. The first kappa shape index (κ1) is 23.7. The largest absolute Gasteiger partial charge is 0.494 e. The number of carbonyl (C=O) groups is 1. The summed E-state index contributed by atoms with van der Waals surface area (Å²) in [6, 6.07) is 0. The Labute approximate surface area is 166 Å². The van der Waals surface area contributed by atoms with Gasteiger partial charge in [-0.05, 0) is 56.0 Å². The molecule has 0 amide bonds. The number of hydrogen-bond acceptors (Lipinski definition) is 4. The van der Waals surface area contributed by atoms with E-state index in [4.69, 9.17) is 13.9 Å². The normalized spacial score (nSPS) is 21.7. The van der Waals surface area contributed by atoms with Gasteiger partial charge in [0.1, 0.15) is 6.61 Å². The number of ether oxygens (including phenoxy) is 2. The molecule has 1 rings (SSSR count). The Hall–Kier alpha value is -1.33. The third-order valence-corrected chi connectivity index (χ3v) is 10.6. The van der Waals surface area contributed by atoms with Crippen molar-refractivity contribution in [1.29, 1.82) is 0 Å². The van der Waals surface area contributed by atoms with Crippen LogP contribution in [-0.2, 0) is 18.7 Å². The van der Waals surface area contributed by atoms with E-state index in [1.54, 1.807) is 0 Å². The SMILES string of the molecule is C=C1C(C)=C(OC/C=C/CCO[Si](C)(C)C(C)(C)C)CC[C@]1(C)C(=O)OC. The van der Waals surface area contributed by atoms with Crippen molar-refractivity contribution in [3.63, 3.8) is 0 Å². The Morgan fingerprint density at radius 1 is 1.30 bits per heavy atom. The maximum atomic E-state index is 12.1. The molecule has 154 valence electrons. The first-order valence-corrected chi connectivity index (χ1v) is 12.7. The van der Waals surface area contributed by atoms with Gasteiger partial charge in [-0.25, -0.2) is 0 Å². The molecule has 0 aromatic carbocycles. The molecule has 1 aliphatic rings. The molecule has 4 nitrogen and oxygen atoms in total. The van der Waals surface area contributed by atoms with Gasteiger partial charge in [0.05, 0.1) is 18.3 Å². The van der Waals surface area contributed by atoms with Crippen LogP contribution in [0.25, 0.3) is 0 Å². The lowest BCUT2D eigenvalue weighted by Crippen LogP contribution is -2.40. The van der Waals surface area contributed by atoms with E-state index in [1.807, 2.05) is 19.9 Å². The number of esters is 1. The van der Waals surface area contributed by atoms with Gasteiger partial charge in [-0.15, -0.1) is 0 Å². The molecule has 0 aromatic rings. The predicted molar refractivity (Wildman–Crippen MR) is 114 cm³/mol. The Morgan fingerprint density at radius 2 is 1.93 bits per heavy atom. The topological polar surface area (TPSA) is 44.8 Å². The smallest absolute Gasteiger partial charge is 0.315 e. The summed E-state index contributed by atoms with van der Waals surface area (Å²) in [5.41, 5.74) is 1.11. The third kappa shape index (κ3) is 5.82. The minimum Gasteiger partial charge on any atom is -0.494 e. The fraction of sp³-hybridized carbons (Fsp3) is 0.682. The fourth-order valence-corrected chi connectivity index (χ4v) is 3.91. The Kier molecular flexibility index (Phi) is 8.11.